The summed E-state index contributed by atoms with van der Waals surface area (Å²) < 4.78 is 45.7. The van der Waals surface area contributed by atoms with Crippen molar-refractivity contribution in [2.45, 2.75) is 95.2 Å². The number of aromatic nitrogens is 8. The van der Waals surface area contributed by atoms with E-state index >= 15 is 8.78 Å². The van der Waals surface area contributed by atoms with Crippen LogP contribution < -0.4 is 19.3 Å². The number of ether oxygens (including phenoxy) is 2. The Labute approximate surface area is 472 Å². The van der Waals surface area contributed by atoms with Gasteiger partial charge in [-0.1, -0.05) is 48.5 Å². The first-order chi connectivity index (χ1) is 40.0. The first kappa shape index (κ1) is 51.8. The fourth-order valence-electron chi connectivity index (χ4n) is 14.1. The number of rotatable bonds is 10. The van der Waals surface area contributed by atoms with Crippen LogP contribution in [0.2, 0.25) is 0 Å². The van der Waals surface area contributed by atoms with Crippen molar-refractivity contribution in [3.05, 3.63) is 114 Å². The number of fused-ring (bicyclic) bond motifs is 7. The molecule has 6 aliphatic rings. The average molecular weight is 1100 g/mol. The number of pyridine rings is 2. The van der Waals surface area contributed by atoms with Crippen LogP contribution in [-0.2, 0) is 13.0 Å². The lowest BCUT2D eigenvalue weighted by molar-refractivity contribution is 0.108. The SMILES string of the molecule is CC1(C#N)CCN(c2nc(OCC34CCCN3CCC4)nc3c(F)c(-c4cc(O)cc5ccccc45)ncc23)CC1.Oc1cc(-c2ncc3c(N4CCc5cn[nH]c5C4)nc(OCC45CCCN4CCC5)nc3c2F)c2ccccc2c1. The highest BCUT2D eigenvalue weighted by Gasteiger charge is 2.46. The second-order valence-electron chi connectivity index (χ2n) is 23.6. The summed E-state index contributed by atoms with van der Waals surface area (Å²) in [6.45, 7) is 9.81. The Morgan fingerprint density at radius 1 is 0.598 bits per heavy atom. The van der Waals surface area contributed by atoms with Crippen LogP contribution in [0.1, 0.15) is 82.4 Å². The third-order valence-corrected chi connectivity index (χ3v) is 18.6. The molecule has 0 saturated carbocycles. The van der Waals surface area contributed by atoms with E-state index in [0.29, 0.717) is 85.8 Å². The highest BCUT2D eigenvalue weighted by Crippen LogP contribution is 2.44. The molecule has 0 aliphatic carbocycles. The fraction of sp³-hybridized carbons (Fsp3) is 0.397. The molecule has 9 aromatic rings. The molecule has 3 N–H and O–H groups in total. The molecule has 0 unspecified atom stereocenters. The Kier molecular flexibility index (Phi) is 13.0. The predicted molar refractivity (Wildman–Crippen MR) is 309 cm³/mol. The van der Waals surface area contributed by atoms with E-state index in [1.165, 1.54) is 5.56 Å². The maximum atomic E-state index is 16.6. The van der Waals surface area contributed by atoms with Crippen LogP contribution in [0.25, 0.3) is 65.9 Å². The molecule has 418 valence electrons. The normalized spacial score (nSPS) is 19.0. The quantitative estimate of drug-likeness (QED) is 0.117. The molecule has 0 atom stereocenters. The molecule has 0 spiro atoms. The minimum atomic E-state index is -0.577. The molecule has 6 aliphatic heterocycles. The van der Waals surface area contributed by atoms with Crippen molar-refractivity contribution in [1.82, 2.24) is 49.9 Å². The van der Waals surface area contributed by atoms with Crippen LogP contribution in [0.5, 0.6) is 23.5 Å². The smallest absolute Gasteiger partial charge is 0.319 e. The van der Waals surface area contributed by atoms with Crippen molar-refractivity contribution in [2.75, 3.05) is 68.8 Å². The molecule has 17 nitrogen and oxygen atoms in total. The zero-order valence-corrected chi connectivity index (χ0v) is 45.8. The van der Waals surface area contributed by atoms with E-state index in [4.69, 9.17) is 19.4 Å². The summed E-state index contributed by atoms with van der Waals surface area (Å²) in [5.41, 5.74) is 3.38. The lowest BCUT2D eigenvalue weighted by atomic mass is 9.82. The first-order valence-electron chi connectivity index (χ1n) is 28.8. The molecule has 5 aromatic heterocycles. The summed E-state index contributed by atoms with van der Waals surface area (Å²) in [6, 6.07) is 24.3. The number of aromatic hydroxyl groups is 2. The van der Waals surface area contributed by atoms with Gasteiger partial charge >= 0.3 is 12.0 Å². The number of aromatic amines is 1. The van der Waals surface area contributed by atoms with Gasteiger partial charge < -0.3 is 29.5 Å². The lowest BCUT2D eigenvalue weighted by Crippen LogP contribution is -2.43. The standard InChI is InChI=1S/C32H33FN6O2.C31H30FN7O2/c1-31(19-34)10-14-38(15-11-31)29-25-18-35-27(24-17-22(40)16-21-6-2-3-7-23(21)24)26(33)28(25)36-30(37-29)41-20-32-8-4-12-39(32)13-5-9-32;32-26-27(23-14-21(40)13-19-5-1-2-6-22(19)23)33-16-24-28(26)35-30(41-18-31-8-3-10-39(31)11-4-9-31)36-29(24)38-12-7-20-15-34-37-25(20)17-38/h2-3,6-7,16-18,40H,4-5,8-15,20H2,1H3;1-2,5-6,13-16,40H,3-4,7-12,17-18H2,(H,34,37). The maximum Gasteiger partial charge on any atom is 0.319 e. The topological polar surface area (TPSA) is 202 Å². The van der Waals surface area contributed by atoms with Crippen molar-refractivity contribution < 1.29 is 28.5 Å². The highest BCUT2D eigenvalue weighted by atomic mass is 19.1. The van der Waals surface area contributed by atoms with Crippen molar-refractivity contribution in [3.63, 3.8) is 0 Å². The number of nitriles is 1. The number of hydrogen-bond donors (Lipinski definition) is 3. The van der Waals surface area contributed by atoms with Gasteiger partial charge in [-0.3, -0.25) is 24.9 Å². The van der Waals surface area contributed by atoms with Crippen molar-refractivity contribution >= 4 is 55.0 Å². The third kappa shape index (κ3) is 9.16. The number of phenols is 2. The number of halogens is 2. The number of nitrogens with zero attached hydrogens (tertiary/aromatic N) is 12. The van der Waals surface area contributed by atoms with Gasteiger partial charge in [0, 0.05) is 43.2 Å². The van der Waals surface area contributed by atoms with Crippen molar-refractivity contribution in [2.24, 2.45) is 5.41 Å². The molecule has 11 heterocycles. The second kappa shape index (κ2) is 20.6. The van der Waals surface area contributed by atoms with Crippen molar-refractivity contribution in [1.29, 1.82) is 5.26 Å². The number of nitrogens with one attached hydrogen (secondary N) is 1. The molecule has 0 radical (unpaired) electrons. The lowest BCUT2D eigenvalue weighted by Gasteiger charge is -2.36. The van der Waals surface area contributed by atoms with Gasteiger partial charge in [-0.15, -0.1) is 0 Å². The van der Waals surface area contributed by atoms with E-state index in [1.54, 1.807) is 36.7 Å². The summed E-state index contributed by atoms with van der Waals surface area (Å²) >= 11 is 0. The van der Waals surface area contributed by atoms with Crippen LogP contribution in [0.3, 0.4) is 0 Å². The summed E-state index contributed by atoms with van der Waals surface area (Å²) in [6.07, 6.45) is 16.3. The molecule has 4 aromatic carbocycles. The fourth-order valence-corrected chi connectivity index (χ4v) is 14.1. The van der Waals surface area contributed by atoms with Gasteiger partial charge in [0.2, 0.25) is 0 Å². The Morgan fingerprint density at radius 3 is 1.59 bits per heavy atom. The van der Waals surface area contributed by atoms with Gasteiger partial charge in [0.15, 0.2) is 11.6 Å². The first-order valence-corrected chi connectivity index (χ1v) is 28.8. The van der Waals surface area contributed by atoms with E-state index in [0.717, 1.165) is 111 Å². The van der Waals surface area contributed by atoms with Crippen LogP contribution in [0.15, 0.2) is 91.4 Å². The van der Waals surface area contributed by atoms with E-state index in [1.807, 2.05) is 61.7 Å². The maximum absolute atomic E-state index is 16.6. The predicted octanol–water partition coefficient (Wildman–Crippen LogP) is 10.8. The Morgan fingerprint density at radius 2 is 1.09 bits per heavy atom. The number of H-pyrrole nitrogens is 1. The number of phenolic OH excluding ortho intramolecular Hbond substituents is 2. The number of anilines is 2. The molecule has 5 fully saturated rings. The van der Waals surface area contributed by atoms with Gasteiger partial charge in [0.1, 0.15) is 58.8 Å². The van der Waals surface area contributed by atoms with Gasteiger partial charge in [0.05, 0.1) is 51.8 Å². The van der Waals surface area contributed by atoms with Crippen LogP contribution >= 0.6 is 0 Å². The van der Waals surface area contributed by atoms with E-state index in [9.17, 15) is 15.5 Å². The van der Waals surface area contributed by atoms with Gasteiger partial charge in [-0.25, -0.2) is 8.78 Å². The molecule has 82 heavy (non-hydrogen) atoms. The molecular formula is C63H63F2N13O4. The molecule has 5 saturated heterocycles. The summed E-state index contributed by atoms with van der Waals surface area (Å²) in [5.74, 6) is 0.123. The van der Waals surface area contributed by atoms with Crippen molar-refractivity contribution in [3.8, 4) is 52.1 Å². The number of hydrogen-bond acceptors (Lipinski definition) is 16. The monoisotopic (exact) mass is 1100 g/mol. The molecular weight excluding hydrogens is 1040 g/mol. The third-order valence-electron chi connectivity index (χ3n) is 18.6. The molecule has 0 bridgehead atoms. The summed E-state index contributed by atoms with van der Waals surface area (Å²) in [4.78, 5) is 37.3. The number of benzene rings is 4. The van der Waals surface area contributed by atoms with Gasteiger partial charge in [-0.2, -0.15) is 30.3 Å². The van der Waals surface area contributed by atoms with Gasteiger partial charge in [-0.05, 0) is 155 Å². The molecule has 0 amide bonds. The largest absolute Gasteiger partial charge is 0.508 e. The summed E-state index contributed by atoms with van der Waals surface area (Å²) in [5, 5.41) is 42.0. The van der Waals surface area contributed by atoms with Crippen LogP contribution in [0.4, 0.5) is 20.4 Å². The average Bonchev–Trinajstić information content (AvgIpc) is 4.45. The Bertz CT molecular complexity index is 3990. The Hall–Kier alpha value is -8.34. The second-order valence-corrected chi connectivity index (χ2v) is 23.6. The highest BCUT2D eigenvalue weighted by molar-refractivity contribution is 6.01. The van der Waals surface area contributed by atoms with E-state index in [-0.39, 0.29) is 62.4 Å². The zero-order chi connectivity index (χ0) is 55.7. The van der Waals surface area contributed by atoms with Crippen LogP contribution in [-0.4, -0.2) is 130 Å². The van der Waals surface area contributed by atoms with Gasteiger partial charge in [0.25, 0.3) is 0 Å². The molecule has 19 heteroatoms. The minimum absolute atomic E-state index is 0.000638. The van der Waals surface area contributed by atoms with E-state index < -0.39 is 11.6 Å². The zero-order valence-electron chi connectivity index (χ0n) is 45.8. The number of piperidine rings is 1. The van der Waals surface area contributed by atoms with Crippen LogP contribution in [0, 0.1) is 28.4 Å². The molecule has 15 rings (SSSR count). The summed E-state index contributed by atoms with van der Waals surface area (Å²) in [7, 11) is 0. The Balaban J connectivity index is 0.000000147. The van der Waals surface area contributed by atoms with E-state index in [2.05, 4.69) is 55.8 Å². The minimum Gasteiger partial charge on any atom is -0.508 e.